The molecule has 2 aliphatic rings. The fourth-order valence-corrected chi connectivity index (χ4v) is 1.85. The highest BCUT2D eigenvalue weighted by atomic mass is 32.2. The number of amides is 1. The predicted octanol–water partition coefficient (Wildman–Crippen LogP) is 1.06. The van der Waals surface area contributed by atoms with Crippen LogP contribution in [-0.4, -0.2) is 36.1 Å². The van der Waals surface area contributed by atoms with Crippen LogP contribution < -0.4 is 0 Å². The molecule has 12 heavy (non-hydrogen) atoms. The Bertz CT molecular complexity index is 262. The van der Waals surface area contributed by atoms with Crippen molar-refractivity contribution in [2.45, 2.75) is 0 Å². The first kappa shape index (κ1) is 7.67. The van der Waals surface area contributed by atoms with Crippen molar-refractivity contribution in [3.63, 3.8) is 0 Å². The number of nitrogens with zero attached hydrogens (tertiary/aromatic N) is 2. The number of aliphatic imine (C=N–C) groups is 1. The van der Waals surface area contributed by atoms with Gasteiger partial charge in [0, 0.05) is 12.0 Å². The van der Waals surface area contributed by atoms with Gasteiger partial charge in [-0.05, 0) is 0 Å². The highest BCUT2D eigenvalue weighted by Gasteiger charge is 2.26. The Labute approximate surface area is 74.3 Å². The lowest BCUT2D eigenvalue weighted by Gasteiger charge is -2.16. The van der Waals surface area contributed by atoms with E-state index in [1.54, 1.807) is 22.9 Å². The maximum Gasteiger partial charge on any atom is 0.414 e. The van der Waals surface area contributed by atoms with E-state index in [2.05, 4.69) is 4.99 Å². The van der Waals surface area contributed by atoms with Crippen molar-refractivity contribution in [1.82, 2.24) is 4.90 Å². The molecule has 0 unspecified atom stereocenters. The van der Waals surface area contributed by atoms with Crippen LogP contribution in [0.2, 0.25) is 0 Å². The lowest BCUT2D eigenvalue weighted by atomic mass is 10.6. The number of hydrogen-bond acceptors (Lipinski definition) is 4. The molecule has 0 aromatic heterocycles. The van der Waals surface area contributed by atoms with E-state index in [1.165, 1.54) is 0 Å². The summed E-state index contributed by atoms with van der Waals surface area (Å²) in [4.78, 5) is 16.7. The van der Waals surface area contributed by atoms with E-state index in [0.29, 0.717) is 13.2 Å². The molecule has 2 aliphatic heterocycles. The number of carbonyl (C=O) groups is 1. The summed E-state index contributed by atoms with van der Waals surface area (Å²) in [6, 6.07) is 0. The summed E-state index contributed by atoms with van der Waals surface area (Å²) < 4.78 is 4.80. The Balaban J connectivity index is 2.12. The van der Waals surface area contributed by atoms with Crippen LogP contribution >= 0.6 is 11.8 Å². The molecule has 0 aliphatic carbocycles. The molecule has 0 spiro atoms. The maximum absolute atomic E-state index is 11.1. The number of ether oxygens (including phenoxy) is 1. The van der Waals surface area contributed by atoms with Gasteiger partial charge in [-0.25, -0.2) is 4.79 Å². The molecule has 0 saturated carbocycles. The summed E-state index contributed by atoms with van der Waals surface area (Å²) in [5.74, 6) is 0.829. The summed E-state index contributed by atoms with van der Waals surface area (Å²) in [7, 11) is 0. The molecule has 0 radical (unpaired) electrons. The van der Waals surface area contributed by atoms with Crippen LogP contribution in [0.15, 0.2) is 16.2 Å². The van der Waals surface area contributed by atoms with Crippen molar-refractivity contribution in [2.24, 2.45) is 4.99 Å². The first-order chi connectivity index (χ1) is 5.88. The molecule has 64 valence electrons. The van der Waals surface area contributed by atoms with E-state index in [4.69, 9.17) is 4.74 Å². The van der Waals surface area contributed by atoms with Crippen molar-refractivity contribution >= 4 is 24.1 Å². The standard InChI is InChI=1S/C7H8N2O2S/c10-7-9(2-3-11-7)6-5-8-1-4-12-6/h1,5H,2-4H2. The molecule has 1 amide bonds. The van der Waals surface area contributed by atoms with Gasteiger partial charge in [-0.2, -0.15) is 0 Å². The summed E-state index contributed by atoms with van der Waals surface area (Å²) in [5.41, 5.74) is 0. The third-order valence-electron chi connectivity index (χ3n) is 1.62. The SMILES string of the molecule is O=C1OCCN1C1=CN=CCS1. The molecule has 0 N–H and O–H groups in total. The van der Waals surface area contributed by atoms with E-state index < -0.39 is 0 Å². The highest BCUT2D eigenvalue weighted by molar-refractivity contribution is 8.03. The van der Waals surface area contributed by atoms with Crippen LogP contribution in [0.25, 0.3) is 0 Å². The zero-order valence-electron chi connectivity index (χ0n) is 6.40. The maximum atomic E-state index is 11.1. The minimum absolute atomic E-state index is 0.258. The summed E-state index contributed by atoms with van der Waals surface area (Å²) in [6.45, 7) is 1.13. The van der Waals surface area contributed by atoms with Crippen LogP contribution in [0.1, 0.15) is 0 Å². The van der Waals surface area contributed by atoms with Crippen molar-refractivity contribution in [3.8, 4) is 0 Å². The van der Waals surface area contributed by atoms with Crippen molar-refractivity contribution in [1.29, 1.82) is 0 Å². The minimum Gasteiger partial charge on any atom is -0.447 e. The van der Waals surface area contributed by atoms with E-state index in [-0.39, 0.29) is 6.09 Å². The number of carbonyl (C=O) groups excluding carboxylic acids is 1. The first-order valence-electron chi connectivity index (χ1n) is 3.67. The van der Waals surface area contributed by atoms with E-state index in [1.807, 2.05) is 6.21 Å². The summed E-state index contributed by atoms with van der Waals surface area (Å²) >= 11 is 1.60. The van der Waals surface area contributed by atoms with Gasteiger partial charge < -0.3 is 4.74 Å². The van der Waals surface area contributed by atoms with Gasteiger partial charge in [-0.1, -0.05) is 0 Å². The first-order valence-corrected chi connectivity index (χ1v) is 4.65. The zero-order valence-corrected chi connectivity index (χ0v) is 7.21. The van der Waals surface area contributed by atoms with Gasteiger partial charge in [0.25, 0.3) is 0 Å². The van der Waals surface area contributed by atoms with Gasteiger partial charge in [0.15, 0.2) is 0 Å². The number of thioether (sulfide) groups is 1. The van der Waals surface area contributed by atoms with Gasteiger partial charge in [0.1, 0.15) is 6.61 Å². The van der Waals surface area contributed by atoms with Crippen molar-refractivity contribution < 1.29 is 9.53 Å². The van der Waals surface area contributed by atoms with E-state index in [9.17, 15) is 4.79 Å². The topological polar surface area (TPSA) is 41.9 Å². The normalized spacial score (nSPS) is 22.5. The van der Waals surface area contributed by atoms with Crippen LogP contribution in [0.4, 0.5) is 4.79 Å². The molecule has 0 atom stereocenters. The van der Waals surface area contributed by atoms with Gasteiger partial charge in [0.2, 0.25) is 0 Å². The Hall–Kier alpha value is -0.970. The van der Waals surface area contributed by atoms with Crippen molar-refractivity contribution in [3.05, 3.63) is 11.2 Å². The third-order valence-corrected chi connectivity index (χ3v) is 2.56. The lowest BCUT2D eigenvalue weighted by Crippen LogP contribution is -2.22. The number of cyclic esters (lactones) is 1. The summed E-state index contributed by atoms with van der Waals surface area (Å²) in [5, 5.41) is 0.889. The van der Waals surface area contributed by atoms with Gasteiger partial charge in [0.05, 0.1) is 17.8 Å². The summed E-state index contributed by atoms with van der Waals surface area (Å²) in [6.07, 6.45) is 3.25. The predicted molar refractivity (Wildman–Crippen MR) is 47.1 cm³/mol. The lowest BCUT2D eigenvalue weighted by molar-refractivity contribution is 0.165. The second-order valence-electron chi connectivity index (χ2n) is 2.38. The molecule has 1 saturated heterocycles. The third kappa shape index (κ3) is 1.32. The van der Waals surface area contributed by atoms with E-state index in [0.717, 1.165) is 10.8 Å². The number of hydrogen-bond donors (Lipinski definition) is 0. The molecular weight excluding hydrogens is 176 g/mol. The molecule has 2 rings (SSSR count). The van der Waals surface area contributed by atoms with E-state index >= 15 is 0 Å². The largest absolute Gasteiger partial charge is 0.447 e. The Morgan fingerprint density at radius 2 is 2.58 bits per heavy atom. The van der Waals surface area contributed by atoms with Crippen LogP contribution in [0, 0.1) is 0 Å². The zero-order chi connectivity index (χ0) is 8.39. The smallest absolute Gasteiger partial charge is 0.414 e. The second kappa shape index (κ2) is 3.18. The van der Waals surface area contributed by atoms with Gasteiger partial charge >= 0.3 is 6.09 Å². The number of rotatable bonds is 1. The van der Waals surface area contributed by atoms with Crippen LogP contribution in [0.5, 0.6) is 0 Å². The molecule has 0 aromatic rings. The highest BCUT2D eigenvalue weighted by Crippen LogP contribution is 2.24. The molecule has 0 bridgehead atoms. The van der Waals surface area contributed by atoms with Crippen molar-refractivity contribution in [2.75, 3.05) is 18.9 Å². The molecule has 1 fully saturated rings. The molecular formula is C7H8N2O2S. The monoisotopic (exact) mass is 184 g/mol. The molecule has 5 heteroatoms. The van der Waals surface area contributed by atoms with Gasteiger partial charge in [-0.3, -0.25) is 9.89 Å². The second-order valence-corrected chi connectivity index (χ2v) is 3.42. The molecule has 2 heterocycles. The molecule has 4 nitrogen and oxygen atoms in total. The average molecular weight is 184 g/mol. The Kier molecular flexibility index (Phi) is 2.03. The Morgan fingerprint density at radius 3 is 3.17 bits per heavy atom. The molecule has 0 aromatic carbocycles. The fourth-order valence-electron chi connectivity index (χ4n) is 1.06. The Morgan fingerprint density at radius 1 is 1.67 bits per heavy atom. The van der Waals surface area contributed by atoms with Crippen LogP contribution in [-0.2, 0) is 4.74 Å². The van der Waals surface area contributed by atoms with Crippen LogP contribution in [0.3, 0.4) is 0 Å². The minimum atomic E-state index is -0.258. The average Bonchev–Trinajstić information content (AvgIpc) is 2.53. The fraction of sp³-hybridized carbons (Fsp3) is 0.429. The van der Waals surface area contributed by atoms with Gasteiger partial charge in [-0.15, -0.1) is 11.8 Å². The quantitative estimate of drug-likeness (QED) is 0.611.